The highest BCUT2D eigenvalue weighted by Gasteiger charge is 2.31. The first-order valence-electron chi connectivity index (χ1n) is 8.45. The number of carbonyl (C=O) groups excluding carboxylic acids is 1. The van der Waals surface area contributed by atoms with Crippen molar-refractivity contribution in [2.75, 3.05) is 0 Å². The number of hydrogen-bond donors (Lipinski definition) is 3. The lowest BCUT2D eigenvalue weighted by molar-refractivity contribution is -0.537. The van der Waals surface area contributed by atoms with Crippen LogP contribution in [0.15, 0.2) is 36.8 Å². The zero-order chi connectivity index (χ0) is 21.9. The molecule has 0 aliphatic carbocycles. The van der Waals surface area contributed by atoms with Gasteiger partial charge in [-0.05, 0) is 43.1 Å². The molecule has 2 aromatic heterocycles. The molecule has 1 aromatic carbocycles. The lowest BCUT2D eigenvalue weighted by Crippen LogP contribution is -2.40. The van der Waals surface area contributed by atoms with Gasteiger partial charge in [0.05, 0.1) is 10.5 Å². The Balaban J connectivity index is 1.65. The molecule has 0 saturated carbocycles. The third kappa shape index (κ3) is 4.87. The molecular formula is C17H16F3N8O2+. The van der Waals surface area contributed by atoms with Gasteiger partial charge in [-0.2, -0.15) is 18.3 Å². The molecule has 0 saturated heterocycles. The van der Waals surface area contributed by atoms with Gasteiger partial charge in [-0.15, -0.1) is 5.10 Å². The molecule has 0 radical (unpaired) electrons. The monoisotopic (exact) mass is 421 g/mol. The van der Waals surface area contributed by atoms with Gasteiger partial charge in [0.25, 0.3) is 5.91 Å². The van der Waals surface area contributed by atoms with Crippen LogP contribution >= 0.6 is 0 Å². The SMILES string of the molecule is Cc1cc(-c2ncn(/C=C\C(=O)NN[N+](=O)c3cn[nH]c3C)n2)cc(C(F)(F)F)c1. The number of rotatable bonds is 6. The van der Waals surface area contributed by atoms with Gasteiger partial charge in [0.2, 0.25) is 0 Å². The summed E-state index contributed by atoms with van der Waals surface area (Å²) >= 11 is 0. The third-order valence-electron chi connectivity index (χ3n) is 3.85. The molecule has 0 fully saturated rings. The number of aryl methyl sites for hydroxylation is 2. The van der Waals surface area contributed by atoms with Crippen molar-refractivity contribution in [2.24, 2.45) is 0 Å². The van der Waals surface area contributed by atoms with Gasteiger partial charge in [-0.25, -0.2) is 15.1 Å². The van der Waals surface area contributed by atoms with Crippen molar-refractivity contribution < 1.29 is 22.8 Å². The molecule has 0 bridgehead atoms. The predicted octanol–water partition coefficient (Wildman–Crippen LogP) is 2.42. The van der Waals surface area contributed by atoms with Gasteiger partial charge in [0.15, 0.2) is 10.7 Å². The van der Waals surface area contributed by atoms with Crippen molar-refractivity contribution in [2.45, 2.75) is 20.0 Å². The number of carbonyl (C=O) groups is 1. The Morgan fingerprint density at radius 2 is 2.03 bits per heavy atom. The van der Waals surface area contributed by atoms with Crippen molar-refractivity contribution in [3.05, 3.63) is 58.5 Å². The van der Waals surface area contributed by atoms with E-state index in [0.717, 1.165) is 22.9 Å². The number of benzene rings is 1. The van der Waals surface area contributed by atoms with E-state index in [2.05, 4.69) is 31.2 Å². The first kappa shape index (κ1) is 20.7. The molecule has 0 unspecified atom stereocenters. The Morgan fingerprint density at radius 3 is 2.70 bits per heavy atom. The number of hydrazine groups is 2. The average Bonchev–Trinajstić information content (AvgIpc) is 3.32. The molecule has 3 rings (SSSR count). The summed E-state index contributed by atoms with van der Waals surface area (Å²) in [6.45, 7) is 3.17. The number of nitroso groups, excluding NO2 is 1. The molecule has 0 spiro atoms. The second-order valence-corrected chi connectivity index (χ2v) is 6.23. The first-order chi connectivity index (χ1) is 14.1. The minimum Gasteiger partial charge on any atom is -0.276 e. The number of hydrogen-bond acceptors (Lipinski definition) is 5. The summed E-state index contributed by atoms with van der Waals surface area (Å²) in [6, 6.07) is 3.51. The van der Waals surface area contributed by atoms with E-state index in [9.17, 15) is 22.9 Å². The Morgan fingerprint density at radius 1 is 1.27 bits per heavy atom. The lowest BCUT2D eigenvalue weighted by atomic mass is 10.1. The largest absolute Gasteiger partial charge is 0.416 e. The Bertz CT molecular complexity index is 1120. The van der Waals surface area contributed by atoms with Gasteiger partial charge in [0.1, 0.15) is 18.2 Å². The summed E-state index contributed by atoms with van der Waals surface area (Å²) in [4.78, 5) is 27.9. The van der Waals surface area contributed by atoms with Crippen LogP contribution in [0.5, 0.6) is 0 Å². The Hall–Kier alpha value is -4.03. The topological polar surface area (TPSA) is 121 Å². The van der Waals surface area contributed by atoms with Gasteiger partial charge < -0.3 is 0 Å². The number of aromatic amines is 1. The van der Waals surface area contributed by atoms with Crippen molar-refractivity contribution >= 4 is 17.8 Å². The number of halogens is 3. The molecule has 0 aliphatic heterocycles. The normalized spacial score (nSPS) is 11.6. The van der Waals surface area contributed by atoms with Crippen LogP contribution in [0.25, 0.3) is 17.6 Å². The summed E-state index contributed by atoms with van der Waals surface area (Å²) in [5.74, 6) is -0.613. The molecule has 2 heterocycles. The van der Waals surface area contributed by atoms with E-state index in [-0.39, 0.29) is 17.1 Å². The van der Waals surface area contributed by atoms with E-state index >= 15 is 0 Å². The summed E-state index contributed by atoms with van der Waals surface area (Å²) in [5, 5.41) is 10.3. The predicted molar refractivity (Wildman–Crippen MR) is 98.4 cm³/mol. The van der Waals surface area contributed by atoms with Crippen LogP contribution in [0.4, 0.5) is 18.9 Å². The van der Waals surface area contributed by atoms with Crippen LogP contribution in [-0.4, -0.2) is 35.7 Å². The van der Waals surface area contributed by atoms with E-state index in [1.165, 1.54) is 31.7 Å². The van der Waals surface area contributed by atoms with Crippen LogP contribution in [0, 0.1) is 18.8 Å². The zero-order valence-electron chi connectivity index (χ0n) is 15.7. The number of nitrogens with one attached hydrogen (secondary N) is 3. The molecule has 0 atom stereocenters. The fourth-order valence-electron chi connectivity index (χ4n) is 2.46. The molecule has 13 heteroatoms. The first-order valence-corrected chi connectivity index (χ1v) is 8.45. The van der Waals surface area contributed by atoms with Crippen molar-refractivity contribution in [1.82, 2.24) is 35.9 Å². The van der Waals surface area contributed by atoms with Crippen LogP contribution < -0.4 is 11.0 Å². The van der Waals surface area contributed by atoms with Crippen LogP contribution in [0.2, 0.25) is 0 Å². The van der Waals surface area contributed by atoms with Crippen molar-refractivity contribution in [1.29, 1.82) is 0 Å². The van der Waals surface area contributed by atoms with E-state index in [1.807, 2.05) is 0 Å². The van der Waals surface area contributed by atoms with E-state index in [1.54, 1.807) is 6.92 Å². The zero-order valence-corrected chi connectivity index (χ0v) is 15.7. The maximum atomic E-state index is 13.0. The quantitative estimate of drug-likeness (QED) is 0.319. The highest BCUT2D eigenvalue weighted by atomic mass is 19.4. The lowest BCUT2D eigenvalue weighted by Gasteiger charge is -2.09. The minimum atomic E-state index is -4.49. The minimum absolute atomic E-state index is 0.0635. The Kier molecular flexibility index (Phi) is 5.62. The third-order valence-corrected chi connectivity index (χ3v) is 3.85. The standard InChI is InChI=1S/C17H15F3N8O2/c1-10-5-12(7-13(6-10)17(18,19)20)16-21-9-27(25-16)4-3-15(29)24-26-28(30)14-8-22-23-11(14)2/h3-9H,1-2H3,(H2-,21,22,23,24,25,26,29,30)/p+1. The molecule has 0 aliphatic rings. The molecule has 156 valence electrons. The Labute approximate surface area is 167 Å². The van der Waals surface area contributed by atoms with Crippen molar-refractivity contribution in [3.63, 3.8) is 0 Å². The van der Waals surface area contributed by atoms with Crippen molar-refractivity contribution in [3.8, 4) is 11.4 Å². The fraction of sp³-hybridized carbons (Fsp3) is 0.176. The number of H-pyrrole nitrogens is 1. The highest BCUT2D eigenvalue weighted by Crippen LogP contribution is 2.32. The van der Waals surface area contributed by atoms with Crippen LogP contribution in [0.1, 0.15) is 16.8 Å². The van der Waals surface area contributed by atoms with Crippen LogP contribution in [0.3, 0.4) is 0 Å². The van der Waals surface area contributed by atoms with E-state index in [0.29, 0.717) is 16.1 Å². The van der Waals surface area contributed by atoms with Crippen LogP contribution in [-0.2, 0) is 11.0 Å². The summed E-state index contributed by atoms with van der Waals surface area (Å²) < 4.78 is 40.1. The molecule has 30 heavy (non-hydrogen) atoms. The van der Waals surface area contributed by atoms with Gasteiger partial charge in [-0.1, -0.05) is 0 Å². The molecule has 3 N–H and O–H groups in total. The number of amides is 1. The summed E-state index contributed by atoms with van der Waals surface area (Å²) in [5.41, 5.74) is 4.78. The number of alkyl halides is 3. The van der Waals surface area contributed by atoms with E-state index < -0.39 is 17.6 Å². The maximum absolute atomic E-state index is 13.0. The maximum Gasteiger partial charge on any atom is 0.416 e. The smallest absolute Gasteiger partial charge is 0.276 e. The van der Waals surface area contributed by atoms with Gasteiger partial charge in [-0.3, -0.25) is 9.89 Å². The van der Waals surface area contributed by atoms with Gasteiger partial charge in [0, 0.05) is 17.8 Å². The van der Waals surface area contributed by atoms with E-state index in [4.69, 9.17) is 0 Å². The number of nitrogens with zero attached hydrogens (tertiary/aromatic N) is 5. The molecular weight excluding hydrogens is 405 g/mol. The highest BCUT2D eigenvalue weighted by molar-refractivity contribution is 5.89. The second-order valence-electron chi connectivity index (χ2n) is 6.23. The van der Waals surface area contributed by atoms with Gasteiger partial charge >= 0.3 is 11.9 Å². The second kappa shape index (κ2) is 8.14. The average molecular weight is 421 g/mol. The molecule has 1 amide bonds. The molecule has 10 nitrogen and oxygen atoms in total. The summed E-state index contributed by atoms with van der Waals surface area (Å²) in [6.07, 6.45) is 0.310. The summed E-state index contributed by atoms with van der Waals surface area (Å²) in [7, 11) is 0. The number of aromatic nitrogens is 5. The fourth-order valence-corrected chi connectivity index (χ4v) is 2.46. The molecule has 3 aromatic rings.